The number of hydrogen-bond donors (Lipinski definition) is 1. The molecule has 0 bridgehead atoms. The molecule has 2 rings (SSSR count). The molecule has 23 heavy (non-hydrogen) atoms. The number of benzene rings is 2. The summed E-state index contributed by atoms with van der Waals surface area (Å²) in [4.78, 5) is 0. The molecule has 0 aliphatic carbocycles. The SMILES string of the molecule is N[C@H](c1ccc(OC(F)(F)F)cc1)c1ccc(C(F)(F)F)cc1. The second-order valence-corrected chi connectivity index (χ2v) is 4.71. The van der Waals surface area contributed by atoms with Crippen LogP contribution in [-0.2, 0) is 6.18 Å². The largest absolute Gasteiger partial charge is 0.573 e. The lowest BCUT2D eigenvalue weighted by Gasteiger charge is -2.15. The Hall–Kier alpha value is -2.22. The van der Waals surface area contributed by atoms with Crippen molar-refractivity contribution in [2.75, 3.05) is 0 Å². The van der Waals surface area contributed by atoms with Crippen LogP contribution in [0.5, 0.6) is 5.75 Å². The van der Waals surface area contributed by atoms with E-state index in [9.17, 15) is 26.3 Å². The van der Waals surface area contributed by atoms with Gasteiger partial charge < -0.3 is 10.5 Å². The summed E-state index contributed by atoms with van der Waals surface area (Å²) in [6.45, 7) is 0. The molecule has 0 spiro atoms. The number of hydrogen-bond acceptors (Lipinski definition) is 2. The maximum Gasteiger partial charge on any atom is 0.573 e. The molecule has 2 aromatic rings. The number of halogens is 6. The van der Waals surface area contributed by atoms with Gasteiger partial charge in [-0.25, -0.2) is 0 Å². The first-order valence-electron chi connectivity index (χ1n) is 6.35. The summed E-state index contributed by atoms with van der Waals surface area (Å²) in [5.41, 5.74) is 5.95. The van der Waals surface area contributed by atoms with Crippen LogP contribution in [0.4, 0.5) is 26.3 Å². The van der Waals surface area contributed by atoms with E-state index in [2.05, 4.69) is 4.74 Å². The van der Waals surface area contributed by atoms with Gasteiger partial charge in [0.1, 0.15) is 5.75 Å². The molecule has 2 aromatic carbocycles. The van der Waals surface area contributed by atoms with Crippen LogP contribution < -0.4 is 10.5 Å². The molecular formula is C15H11F6NO. The van der Waals surface area contributed by atoms with Crippen LogP contribution >= 0.6 is 0 Å². The van der Waals surface area contributed by atoms with Gasteiger partial charge in [0.05, 0.1) is 11.6 Å². The van der Waals surface area contributed by atoms with Crippen molar-refractivity contribution in [3.8, 4) is 5.75 Å². The van der Waals surface area contributed by atoms with Gasteiger partial charge in [-0.3, -0.25) is 0 Å². The van der Waals surface area contributed by atoms with Crippen LogP contribution in [0.3, 0.4) is 0 Å². The van der Waals surface area contributed by atoms with E-state index in [0.29, 0.717) is 11.1 Å². The Balaban J connectivity index is 2.15. The van der Waals surface area contributed by atoms with Gasteiger partial charge in [0.15, 0.2) is 0 Å². The topological polar surface area (TPSA) is 35.2 Å². The highest BCUT2D eigenvalue weighted by Gasteiger charge is 2.31. The maximum absolute atomic E-state index is 12.5. The van der Waals surface area contributed by atoms with E-state index >= 15 is 0 Å². The number of rotatable bonds is 3. The second kappa shape index (κ2) is 6.11. The quantitative estimate of drug-likeness (QED) is 0.829. The standard InChI is InChI=1S/C15H11F6NO/c16-14(17,18)11-5-1-9(2-6-11)13(22)10-3-7-12(8-4-10)23-15(19,20)21/h1-8,13H,22H2/t13-/m0/s1. The molecule has 0 amide bonds. The number of alkyl halides is 6. The van der Waals surface area contributed by atoms with Gasteiger partial charge in [0.25, 0.3) is 0 Å². The molecule has 0 saturated heterocycles. The lowest BCUT2D eigenvalue weighted by molar-refractivity contribution is -0.274. The van der Waals surface area contributed by atoms with Crippen LogP contribution in [0.15, 0.2) is 48.5 Å². The average molecular weight is 335 g/mol. The van der Waals surface area contributed by atoms with Crippen molar-refractivity contribution in [3.05, 3.63) is 65.2 Å². The fraction of sp³-hybridized carbons (Fsp3) is 0.200. The van der Waals surface area contributed by atoms with E-state index in [-0.39, 0.29) is 0 Å². The molecule has 0 radical (unpaired) electrons. The smallest absolute Gasteiger partial charge is 0.406 e. The van der Waals surface area contributed by atoms with Crippen molar-refractivity contribution >= 4 is 0 Å². The van der Waals surface area contributed by atoms with Gasteiger partial charge in [-0.1, -0.05) is 24.3 Å². The Morgan fingerprint density at radius 3 is 1.57 bits per heavy atom. The zero-order valence-corrected chi connectivity index (χ0v) is 11.4. The van der Waals surface area contributed by atoms with E-state index in [1.54, 1.807) is 0 Å². The van der Waals surface area contributed by atoms with Crippen LogP contribution in [-0.4, -0.2) is 6.36 Å². The molecule has 2 nitrogen and oxygen atoms in total. The predicted molar refractivity (Wildman–Crippen MR) is 70.6 cm³/mol. The molecule has 0 heterocycles. The highest BCUT2D eigenvalue weighted by atomic mass is 19.4. The van der Waals surface area contributed by atoms with Crippen LogP contribution in [0, 0.1) is 0 Å². The first kappa shape index (κ1) is 17.1. The van der Waals surface area contributed by atoms with Gasteiger partial charge in [-0.2, -0.15) is 13.2 Å². The first-order chi connectivity index (χ1) is 10.6. The van der Waals surface area contributed by atoms with Crippen molar-refractivity contribution in [1.82, 2.24) is 0 Å². The number of nitrogens with two attached hydrogens (primary N) is 1. The van der Waals surface area contributed by atoms with E-state index in [4.69, 9.17) is 5.73 Å². The van der Waals surface area contributed by atoms with Crippen LogP contribution in [0.1, 0.15) is 22.7 Å². The second-order valence-electron chi connectivity index (χ2n) is 4.71. The van der Waals surface area contributed by atoms with E-state index in [0.717, 1.165) is 24.3 Å². The van der Waals surface area contributed by atoms with Gasteiger partial charge in [-0.15, -0.1) is 13.2 Å². The zero-order valence-electron chi connectivity index (χ0n) is 11.4. The van der Waals surface area contributed by atoms with Gasteiger partial charge in [0.2, 0.25) is 0 Å². The fourth-order valence-corrected chi connectivity index (χ4v) is 1.95. The van der Waals surface area contributed by atoms with Crippen molar-refractivity contribution < 1.29 is 31.1 Å². The van der Waals surface area contributed by atoms with Crippen LogP contribution in [0.2, 0.25) is 0 Å². The minimum absolute atomic E-state index is 0.402. The third kappa shape index (κ3) is 4.62. The van der Waals surface area contributed by atoms with Crippen molar-refractivity contribution in [2.24, 2.45) is 5.73 Å². The molecule has 2 N–H and O–H groups in total. The van der Waals surface area contributed by atoms with Crippen molar-refractivity contribution in [2.45, 2.75) is 18.6 Å². The third-order valence-corrected chi connectivity index (χ3v) is 3.07. The van der Waals surface area contributed by atoms with Crippen molar-refractivity contribution in [3.63, 3.8) is 0 Å². The molecule has 0 aliphatic heterocycles. The summed E-state index contributed by atoms with van der Waals surface area (Å²) in [6, 6.07) is 8.32. The number of ether oxygens (including phenoxy) is 1. The Kier molecular flexibility index (Phi) is 4.56. The predicted octanol–water partition coefficient (Wildman–Crippen LogP) is 4.65. The van der Waals surface area contributed by atoms with E-state index in [1.165, 1.54) is 24.3 Å². The Morgan fingerprint density at radius 1 is 0.739 bits per heavy atom. The molecule has 0 unspecified atom stereocenters. The molecule has 0 aromatic heterocycles. The zero-order chi connectivity index (χ0) is 17.3. The summed E-state index contributed by atoms with van der Waals surface area (Å²) in [7, 11) is 0. The molecule has 0 aliphatic rings. The van der Waals surface area contributed by atoms with E-state index in [1.807, 2.05) is 0 Å². The molecule has 0 fully saturated rings. The maximum atomic E-state index is 12.5. The highest BCUT2D eigenvalue weighted by Crippen LogP contribution is 2.31. The molecule has 0 saturated carbocycles. The van der Waals surface area contributed by atoms with Crippen molar-refractivity contribution in [1.29, 1.82) is 0 Å². The Morgan fingerprint density at radius 2 is 1.17 bits per heavy atom. The van der Waals surface area contributed by atoms with Crippen LogP contribution in [0.25, 0.3) is 0 Å². The molecule has 8 heteroatoms. The minimum Gasteiger partial charge on any atom is -0.406 e. The van der Waals surface area contributed by atoms with Gasteiger partial charge >= 0.3 is 12.5 Å². The summed E-state index contributed by atoms with van der Waals surface area (Å²) in [5, 5.41) is 0. The average Bonchev–Trinajstić information content (AvgIpc) is 2.45. The van der Waals surface area contributed by atoms with E-state index < -0.39 is 29.9 Å². The Labute approximate surface area is 127 Å². The fourth-order valence-electron chi connectivity index (χ4n) is 1.95. The lowest BCUT2D eigenvalue weighted by Crippen LogP contribution is -2.17. The molecular weight excluding hydrogens is 324 g/mol. The van der Waals surface area contributed by atoms with Gasteiger partial charge in [-0.05, 0) is 35.4 Å². The monoisotopic (exact) mass is 335 g/mol. The lowest BCUT2D eigenvalue weighted by atomic mass is 9.98. The minimum atomic E-state index is -4.79. The summed E-state index contributed by atoms with van der Waals surface area (Å²) >= 11 is 0. The summed E-state index contributed by atoms with van der Waals surface area (Å²) < 4.78 is 77.4. The molecule has 1 atom stereocenters. The summed E-state index contributed by atoms with van der Waals surface area (Å²) in [5.74, 6) is -0.402. The highest BCUT2D eigenvalue weighted by molar-refractivity contribution is 5.36. The Bertz CT molecular complexity index is 646. The van der Waals surface area contributed by atoms with Gasteiger partial charge in [0, 0.05) is 0 Å². The summed E-state index contributed by atoms with van der Waals surface area (Å²) in [6.07, 6.45) is -9.24. The first-order valence-corrected chi connectivity index (χ1v) is 6.35. The third-order valence-electron chi connectivity index (χ3n) is 3.07. The molecule has 124 valence electrons. The normalized spacial score (nSPS) is 13.7.